The molecule has 1 saturated heterocycles. The molecule has 2 amide bonds. The van der Waals surface area contributed by atoms with Gasteiger partial charge in [-0.3, -0.25) is 14.5 Å². The smallest absolute Gasteiger partial charge is 0.335 e. The SMILES string of the molecule is COC(=O)[C@@H](C)N1C(=O)S/C(=C\c2ccccc2OCc2ccc(C(=O)O)cc2)C1=O. The number of benzene rings is 2. The number of amides is 2. The van der Waals surface area contributed by atoms with Crippen LogP contribution in [0.15, 0.2) is 53.4 Å². The molecule has 0 spiro atoms. The van der Waals surface area contributed by atoms with Crippen molar-refractivity contribution in [3.8, 4) is 5.75 Å². The van der Waals surface area contributed by atoms with Crippen molar-refractivity contribution in [2.75, 3.05) is 7.11 Å². The van der Waals surface area contributed by atoms with Crippen molar-refractivity contribution in [2.45, 2.75) is 19.6 Å². The monoisotopic (exact) mass is 441 g/mol. The van der Waals surface area contributed by atoms with Gasteiger partial charge in [-0.1, -0.05) is 30.3 Å². The molecule has 2 aromatic carbocycles. The third kappa shape index (κ3) is 4.95. The third-order valence-corrected chi connectivity index (χ3v) is 5.44. The summed E-state index contributed by atoms with van der Waals surface area (Å²) in [7, 11) is 1.19. The Morgan fingerprint density at radius 1 is 1.13 bits per heavy atom. The van der Waals surface area contributed by atoms with Crippen molar-refractivity contribution >= 4 is 40.9 Å². The summed E-state index contributed by atoms with van der Waals surface area (Å²) in [4.78, 5) is 48.7. The van der Waals surface area contributed by atoms with E-state index >= 15 is 0 Å². The van der Waals surface area contributed by atoms with Crippen LogP contribution in [0.25, 0.3) is 6.08 Å². The summed E-state index contributed by atoms with van der Waals surface area (Å²) in [6.07, 6.45) is 1.54. The number of carbonyl (C=O) groups excluding carboxylic acids is 3. The number of para-hydroxylation sites is 1. The van der Waals surface area contributed by atoms with E-state index in [0.717, 1.165) is 22.2 Å². The van der Waals surface area contributed by atoms with Crippen LogP contribution in [0.5, 0.6) is 5.75 Å². The van der Waals surface area contributed by atoms with Gasteiger partial charge in [0.1, 0.15) is 18.4 Å². The van der Waals surface area contributed by atoms with Gasteiger partial charge in [-0.15, -0.1) is 0 Å². The highest BCUT2D eigenvalue weighted by Crippen LogP contribution is 2.35. The molecular weight excluding hydrogens is 422 g/mol. The quantitative estimate of drug-likeness (QED) is 0.513. The molecule has 1 aliphatic heterocycles. The lowest BCUT2D eigenvalue weighted by Crippen LogP contribution is -2.42. The van der Waals surface area contributed by atoms with Gasteiger partial charge in [0.25, 0.3) is 11.1 Å². The van der Waals surface area contributed by atoms with Crippen molar-refractivity contribution in [1.29, 1.82) is 0 Å². The van der Waals surface area contributed by atoms with E-state index in [0.29, 0.717) is 11.3 Å². The minimum atomic E-state index is -1.02. The van der Waals surface area contributed by atoms with Gasteiger partial charge in [-0.2, -0.15) is 0 Å². The molecule has 1 heterocycles. The van der Waals surface area contributed by atoms with E-state index in [9.17, 15) is 19.2 Å². The Bertz CT molecular complexity index is 1060. The number of ether oxygens (including phenoxy) is 2. The van der Waals surface area contributed by atoms with Gasteiger partial charge in [0, 0.05) is 5.56 Å². The van der Waals surface area contributed by atoms with Gasteiger partial charge in [-0.05, 0) is 48.5 Å². The zero-order valence-corrected chi connectivity index (χ0v) is 17.5. The molecule has 31 heavy (non-hydrogen) atoms. The van der Waals surface area contributed by atoms with Crippen LogP contribution in [0.3, 0.4) is 0 Å². The first-order chi connectivity index (χ1) is 14.8. The molecular formula is C22H19NO7S. The molecule has 1 aliphatic rings. The lowest BCUT2D eigenvalue weighted by Gasteiger charge is -2.18. The van der Waals surface area contributed by atoms with Gasteiger partial charge >= 0.3 is 11.9 Å². The molecule has 1 N–H and O–H groups in total. The number of nitrogens with zero attached hydrogens (tertiary/aromatic N) is 1. The lowest BCUT2D eigenvalue weighted by atomic mass is 10.1. The van der Waals surface area contributed by atoms with Crippen LogP contribution in [0.1, 0.15) is 28.4 Å². The van der Waals surface area contributed by atoms with Crippen molar-refractivity contribution < 1.29 is 33.8 Å². The van der Waals surface area contributed by atoms with Gasteiger partial charge in [-0.25, -0.2) is 9.59 Å². The number of hydrogen-bond donors (Lipinski definition) is 1. The number of aromatic carboxylic acids is 1. The Morgan fingerprint density at radius 3 is 2.45 bits per heavy atom. The molecule has 0 unspecified atom stereocenters. The summed E-state index contributed by atoms with van der Waals surface area (Å²) < 4.78 is 10.5. The Labute approximate surface area is 182 Å². The molecule has 9 heteroatoms. The molecule has 8 nitrogen and oxygen atoms in total. The summed E-state index contributed by atoms with van der Waals surface area (Å²) in [5, 5.41) is 8.42. The van der Waals surface area contributed by atoms with E-state index < -0.39 is 29.1 Å². The maximum atomic E-state index is 12.7. The van der Waals surface area contributed by atoms with Crippen molar-refractivity contribution in [3.05, 3.63) is 70.1 Å². The van der Waals surface area contributed by atoms with Crippen LogP contribution < -0.4 is 4.74 Å². The van der Waals surface area contributed by atoms with E-state index in [1.807, 2.05) is 0 Å². The Morgan fingerprint density at radius 2 is 1.81 bits per heavy atom. The average molecular weight is 441 g/mol. The summed E-state index contributed by atoms with van der Waals surface area (Å²) >= 11 is 0.740. The number of methoxy groups -OCH3 is 1. The molecule has 0 bridgehead atoms. The van der Waals surface area contributed by atoms with Gasteiger partial charge in [0.2, 0.25) is 0 Å². The Hall–Kier alpha value is -3.59. The summed E-state index contributed by atoms with van der Waals surface area (Å²) in [6.45, 7) is 1.61. The Balaban J connectivity index is 1.78. The first-order valence-corrected chi connectivity index (χ1v) is 10.0. The number of rotatable bonds is 7. The highest BCUT2D eigenvalue weighted by Gasteiger charge is 2.41. The highest BCUT2D eigenvalue weighted by molar-refractivity contribution is 8.18. The molecule has 2 aromatic rings. The van der Waals surface area contributed by atoms with Crippen LogP contribution in [0.2, 0.25) is 0 Å². The van der Waals surface area contributed by atoms with E-state index in [1.54, 1.807) is 36.4 Å². The molecule has 160 valence electrons. The van der Waals surface area contributed by atoms with Crippen LogP contribution in [-0.4, -0.2) is 46.2 Å². The first kappa shape index (κ1) is 22.1. The molecule has 0 radical (unpaired) electrons. The molecule has 0 aromatic heterocycles. The third-order valence-electron chi connectivity index (χ3n) is 4.55. The van der Waals surface area contributed by atoms with Crippen LogP contribution in [-0.2, 0) is 20.9 Å². The lowest BCUT2D eigenvalue weighted by molar-refractivity contribution is -0.148. The van der Waals surface area contributed by atoms with Gasteiger partial charge < -0.3 is 14.6 Å². The number of carbonyl (C=O) groups is 4. The fourth-order valence-electron chi connectivity index (χ4n) is 2.87. The van der Waals surface area contributed by atoms with Crippen molar-refractivity contribution in [1.82, 2.24) is 4.90 Å². The minimum Gasteiger partial charge on any atom is -0.488 e. The van der Waals surface area contributed by atoms with Crippen LogP contribution in [0, 0.1) is 0 Å². The largest absolute Gasteiger partial charge is 0.488 e. The zero-order valence-electron chi connectivity index (χ0n) is 16.7. The highest BCUT2D eigenvalue weighted by atomic mass is 32.2. The molecule has 3 rings (SSSR count). The molecule has 0 aliphatic carbocycles. The van der Waals surface area contributed by atoms with Crippen molar-refractivity contribution in [3.63, 3.8) is 0 Å². The normalized spacial score (nSPS) is 15.8. The maximum Gasteiger partial charge on any atom is 0.335 e. The second-order valence-corrected chi connectivity index (χ2v) is 7.57. The van der Waals surface area contributed by atoms with E-state index in [1.165, 1.54) is 32.2 Å². The molecule has 1 fully saturated rings. The topological polar surface area (TPSA) is 110 Å². The average Bonchev–Trinajstić information content (AvgIpc) is 3.05. The second-order valence-electron chi connectivity index (χ2n) is 6.58. The minimum absolute atomic E-state index is 0.169. The van der Waals surface area contributed by atoms with Crippen molar-refractivity contribution in [2.24, 2.45) is 0 Å². The van der Waals surface area contributed by atoms with Gasteiger partial charge in [0.15, 0.2) is 0 Å². The number of thioether (sulfide) groups is 1. The predicted octanol–water partition coefficient (Wildman–Crippen LogP) is 3.56. The fraction of sp³-hybridized carbons (Fsp3) is 0.182. The number of esters is 1. The number of imide groups is 1. The maximum absolute atomic E-state index is 12.7. The predicted molar refractivity (Wildman–Crippen MR) is 113 cm³/mol. The number of hydrogen-bond acceptors (Lipinski definition) is 7. The van der Waals surface area contributed by atoms with E-state index in [2.05, 4.69) is 4.74 Å². The fourth-order valence-corrected chi connectivity index (χ4v) is 3.77. The van der Waals surface area contributed by atoms with E-state index in [-0.39, 0.29) is 17.1 Å². The molecule has 0 saturated carbocycles. The number of carboxylic acids is 1. The zero-order chi connectivity index (χ0) is 22.5. The van der Waals surface area contributed by atoms with Crippen LogP contribution >= 0.6 is 11.8 Å². The van der Waals surface area contributed by atoms with Gasteiger partial charge in [0.05, 0.1) is 17.6 Å². The summed E-state index contributed by atoms with van der Waals surface area (Å²) in [6, 6.07) is 12.3. The summed E-state index contributed by atoms with van der Waals surface area (Å²) in [5.74, 6) is -1.78. The van der Waals surface area contributed by atoms with Crippen LogP contribution in [0.4, 0.5) is 4.79 Å². The first-order valence-electron chi connectivity index (χ1n) is 9.20. The second kappa shape index (κ2) is 9.48. The molecule has 1 atom stereocenters. The number of carboxylic acid groups (broad SMARTS) is 1. The standard InChI is InChI=1S/C22H19NO7S/c1-13(21(27)29-2)23-19(24)18(31-22(23)28)11-16-5-3-4-6-17(16)30-12-14-7-9-15(10-8-14)20(25)26/h3-11,13H,12H2,1-2H3,(H,25,26)/b18-11-/t13-/m1/s1. The van der Waals surface area contributed by atoms with E-state index in [4.69, 9.17) is 9.84 Å². The Kier molecular flexibility index (Phi) is 6.76. The summed E-state index contributed by atoms with van der Waals surface area (Å²) in [5.41, 5.74) is 1.54.